The van der Waals surface area contributed by atoms with Crippen LogP contribution in [0.5, 0.6) is 0 Å². The van der Waals surface area contributed by atoms with Gasteiger partial charge in [0.25, 0.3) is 12.3 Å². The van der Waals surface area contributed by atoms with Gasteiger partial charge in [0.15, 0.2) is 5.69 Å². The number of carbonyl (C=O) groups is 1. The molecule has 6 nitrogen and oxygen atoms in total. The molecule has 2 N–H and O–H groups in total. The number of halogens is 2. The minimum atomic E-state index is -2.82. The Bertz CT molecular complexity index is 397. The Morgan fingerprint density at radius 2 is 2.11 bits per heavy atom. The summed E-state index contributed by atoms with van der Waals surface area (Å²) in [5.74, 6) is -0.0910. The molecule has 0 radical (unpaired) electrons. The van der Waals surface area contributed by atoms with E-state index in [1.165, 1.54) is 17.0 Å². The van der Waals surface area contributed by atoms with Crippen molar-refractivity contribution in [1.29, 1.82) is 0 Å². The third-order valence-electron chi connectivity index (χ3n) is 2.07. The Morgan fingerprint density at radius 3 is 2.56 bits per heavy atom. The van der Waals surface area contributed by atoms with Crippen LogP contribution >= 0.6 is 0 Å². The van der Waals surface area contributed by atoms with Gasteiger partial charge >= 0.3 is 0 Å². The van der Waals surface area contributed by atoms with Crippen molar-refractivity contribution in [3.63, 3.8) is 0 Å². The molecule has 0 spiro atoms. The summed E-state index contributed by atoms with van der Waals surface area (Å²) in [5, 5.41) is 18.7. The summed E-state index contributed by atoms with van der Waals surface area (Å²) >= 11 is 0. The lowest BCUT2D eigenvalue weighted by atomic mass is 10.3. The van der Waals surface area contributed by atoms with E-state index < -0.39 is 12.5 Å². The van der Waals surface area contributed by atoms with Crippen molar-refractivity contribution in [2.75, 3.05) is 26.0 Å². The van der Waals surface area contributed by atoms with Crippen molar-refractivity contribution >= 4 is 11.7 Å². The molecule has 1 amide bonds. The number of amides is 1. The summed E-state index contributed by atoms with van der Waals surface area (Å²) in [4.78, 5) is 12.8. The lowest BCUT2D eigenvalue weighted by Gasteiger charge is -2.11. The van der Waals surface area contributed by atoms with Gasteiger partial charge in [-0.2, -0.15) is 0 Å². The molecule has 0 aliphatic carbocycles. The largest absolute Gasteiger partial charge is 0.385 e. The molecule has 8 heteroatoms. The number of aliphatic hydroxyl groups excluding tert-OH is 1. The first-order valence-corrected chi connectivity index (χ1v) is 5.17. The van der Waals surface area contributed by atoms with Gasteiger partial charge in [0.1, 0.15) is 11.9 Å². The van der Waals surface area contributed by atoms with E-state index in [1.54, 1.807) is 14.1 Å². The van der Waals surface area contributed by atoms with E-state index >= 15 is 0 Å². The van der Waals surface area contributed by atoms with Crippen LogP contribution in [0.2, 0.25) is 0 Å². The molecule has 1 heterocycles. The second-order valence-corrected chi connectivity index (χ2v) is 3.79. The normalized spacial score (nSPS) is 12.3. The highest BCUT2D eigenvalue weighted by Crippen LogP contribution is 2.06. The number of hydrogen-bond donors (Lipinski definition) is 2. The topological polar surface area (TPSA) is 78.4 Å². The first-order chi connectivity index (χ1) is 8.41. The smallest absolute Gasteiger partial charge is 0.273 e. The molecule has 1 atom stereocenters. The molecule has 1 rings (SSSR count). The molecule has 0 aromatic carbocycles. The highest BCUT2D eigenvalue weighted by atomic mass is 19.3. The van der Waals surface area contributed by atoms with Gasteiger partial charge in [-0.05, 0) is 12.1 Å². The number of aromatic nitrogens is 2. The Kier molecular flexibility index (Phi) is 4.90. The van der Waals surface area contributed by atoms with Crippen molar-refractivity contribution in [1.82, 2.24) is 15.1 Å². The van der Waals surface area contributed by atoms with Gasteiger partial charge < -0.3 is 15.3 Å². The lowest BCUT2D eigenvalue weighted by Crippen LogP contribution is -2.27. The van der Waals surface area contributed by atoms with Gasteiger partial charge in [0, 0.05) is 20.6 Å². The fourth-order valence-corrected chi connectivity index (χ4v) is 1.07. The molecule has 1 aromatic rings. The third kappa shape index (κ3) is 3.88. The number of rotatable bonds is 5. The summed E-state index contributed by atoms with van der Waals surface area (Å²) in [7, 11) is 3.16. The Labute approximate surface area is 103 Å². The molecule has 0 saturated carbocycles. The molecule has 0 aliphatic heterocycles. The molecular formula is C10H14F2N4O2. The van der Waals surface area contributed by atoms with Crippen molar-refractivity contribution in [3.05, 3.63) is 17.8 Å². The minimum absolute atomic E-state index is 0.153. The van der Waals surface area contributed by atoms with Crippen molar-refractivity contribution in [2.45, 2.75) is 12.5 Å². The zero-order valence-corrected chi connectivity index (χ0v) is 9.97. The highest BCUT2D eigenvalue weighted by Gasteiger charge is 2.16. The molecule has 0 aliphatic rings. The summed E-state index contributed by atoms with van der Waals surface area (Å²) < 4.78 is 24.0. The van der Waals surface area contributed by atoms with Gasteiger partial charge in [-0.1, -0.05) is 0 Å². The van der Waals surface area contributed by atoms with Crippen molar-refractivity contribution in [2.24, 2.45) is 0 Å². The van der Waals surface area contributed by atoms with Crippen LogP contribution in [0.1, 0.15) is 10.5 Å². The Hall–Kier alpha value is -1.83. The molecule has 1 aromatic heterocycles. The maximum atomic E-state index is 12.0. The summed E-state index contributed by atoms with van der Waals surface area (Å²) in [6, 6.07) is 2.86. The molecule has 0 saturated heterocycles. The van der Waals surface area contributed by atoms with Gasteiger partial charge in [-0.15, -0.1) is 10.2 Å². The van der Waals surface area contributed by atoms with E-state index in [9.17, 15) is 13.6 Å². The maximum Gasteiger partial charge on any atom is 0.273 e. The van der Waals surface area contributed by atoms with E-state index in [2.05, 4.69) is 15.5 Å². The number of nitrogens with zero attached hydrogens (tertiary/aromatic N) is 3. The monoisotopic (exact) mass is 260 g/mol. The molecular weight excluding hydrogens is 246 g/mol. The van der Waals surface area contributed by atoms with Crippen molar-refractivity contribution in [3.8, 4) is 0 Å². The Morgan fingerprint density at radius 1 is 1.44 bits per heavy atom. The van der Waals surface area contributed by atoms with Crippen LogP contribution in [0.15, 0.2) is 12.1 Å². The highest BCUT2D eigenvalue weighted by molar-refractivity contribution is 5.91. The van der Waals surface area contributed by atoms with Crippen LogP contribution < -0.4 is 5.32 Å². The van der Waals surface area contributed by atoms with Crippen LogP contribution in [-0.4, -0.2) is 59.3 Å². The first-order valence-electron chi connectivity index (χ1n) is 5.17. The molecule has 18 heavy (non-hydrogen) atoms. The molecule has 100 valence electrons. The number of alkyl halides is 2. The predicted molar refractivity (Wildman–Crippen MR) is 60.6 cm³/mol. The van der Waals surface area contributed by atoms with Crippen LogP contribution in [0.4, 0.5) is 14.6 Å². The third-order valence-corrected chi connectivity index (χ3v) is 2.07. The van der Waals surface area contributed by atoms with Gasteiger partial charge in [0.2, 0.25) is 0 Å². The second-order valence-electron chi connectivity index (χ2n) is 3.79. The van der Waals surface area contributed by atoms with Crippen molar-refractivity contribution < 1.29 is 18.7 Å². The van der Waals surface area contributed by atoms with Gasteiger partial charge in [-0.3, -0.25) is 4.79 Å². The van der Waals surface area contributed by atoms with Gasteiger partial charge in [-0.25, -0.2) is 8.78 Å². The summed E-state index contributed by atoms with van der Waals surface area (Å²) in [5.41, 5.74) is 0.153. The molecule has 0 bridgehead atoms. The summed E-state index contributed by atoms with van der Waals surface area (Å²) in [6.45, 7) is -0.340. The Balaban J connectivity index is 2.58. The maximum absolute atomic E-state index is 12.0. The number of nitrogens with one attached hydrogen (secondary N) is 1. The number of hydrogen-bond acceptors (Lipinski definition) is 5. The van der Waals surface area contributed by atoms with Crippen LogP contribution in [0.25, 0.3) is 0 Å². The number of aliphatic hydroxyl groups is 1. The zero-order chi connectivity index (χ0) is 13.7. The van der Waals surface area contributed by atoms with E-state index in [-0.39, 0.29) is 24.0 Å². The molecule has 0 fully saturated rings. The SMILES string of the molecule is CN(C)C(=O)c1ccc(NCC(O)C(F)F)nn1. The lowest BCUT2D eigenvalue weighted by molar-refractivity contribution is 0.00380. The minimum Gasteiger partial charge on any atom is -0.385 e. The zero-order valence-electron chi connectivity index (χ0n) is 9.97. The standard InChI is InChI=1S/C10H14F2N4O2/c1-16(2)10(18)6-3-4-8(15-14-6)13-5-7(17)9(11)12/h3-4,7,9,17H,5H2,1-2H3,(H,13,15). The van der Waals surface area contributed by atoms with Crippen LogP contribution in [-0.2, 0) is 0 Å². The summed E-state index contributed by atoms with van der Waals surface area (Å²) in [6.07, 6.45) is -4.59. The van der Waals surface area contributed by atoms with Crippen LogP contribution in [0.3, 0.4) is 0 Å². The molecule has 1 unspecified atom stereocenters. The average Bonchev–Trinajstić information content (AvgIpc) is 2.35. The quantitative estimate of drug-likeness (QED) is 0.791. The van der Waals surface area contributed by atoms with Gasteiger partial charge in [0.05, 0.1) is 0 Å². The fourth-order valence-electron chi connectivity index (χ4n) is 1.07. The fraction of sp³-hybridized carbons (Fsp3) is 0.500. The van der Waals surface area contributed by atoms with E-state index in [4.69, 9.17) is 5.11 Å². The average molecular weight is 260 g/mol. The second kappa shape index (κ2) is 6.20. The van der Waals surface area contributed by atoms with E-state index in [1.807, 2.05) is 0 Å². The van der Waals surface area contributed by atoms with Crippen LogP contribution in [0, 0.1) is 0 Å². The predicted octanol–water partition coefficient (Wildman–Crippen LogP) is 0.216. The van der Waals surface area contributed by atoms with E-state index in [0.29, 0.717) is 0 Å². The number of carbonyl (C=O) groups excluding carboxylic acids is 1. The van der Waals surface area contributed by atoms with E-state index in [0.717, 1.165) is 0 Å². The number of anilines is 1. The first kappa shape index (κ1) is 14.2.